The second-order valence-electron chi connectivity index (χ2n) is 4.01. The fourth-order valence-corrected chi connectivity index (χ4v) is 2.49. The number of unbranched alkanes of at least 4 members (excludes halogenated alkanes) is 1. The van der Waals surface area contributed by atoms with Gasteiger partial charge in [0.25, 0.3) is 0 Å². The summed E-state index contributed by atoms with van der Waals surface area (Å²) in [5.41, 5.74) is -0.596. The van der Waals surface area contributed by atoms with Crippen LogP contribution < -0.4 is 5.56 Å². The Bertz CT molecular complexity index is 467. The van der Waals surface area contributed by atoms with Crippen molar-refractivity contribution >= 4 is 29.4 Å². The van der Waals surface area contributed by atoms with Gasteiger partial charge in [0.2, 0.25) is 0 Å². The molecule has 7 heteroatoms. The zero-order valence-corrected chi connectivity index (χ0v) is 12.3. The summed E-state index contributed by atoms with van der Waals surface area (Å²) in [5.74, 6) is 1.84. The lowest BCUT2D eigenvalue weighted by atomic mass is 10.4. The molecule has 0 aliphatic carbocycles. The topological polar surface area (TPSA) is 55.5 Å². The minimum atomic E-state index is -0.596. The first-order chi connectivity index (χ1) is 8.49. The second-order valence-corrected chi connectivity index (χ2v) is 5.49. The Morgan fingerprint density at radius 1 is 1.50 bits per heavy atom. The van der Waals surface area contributed by atoms with Gasteiger partial charge in [-0.3, -0.25) is 4.79 Å². The van der Waals surface area contributed by atoms with Gasteiger partial charge in [0.05, 0.1) is 5.75 Å². The monoisotopic (exact) mass is 292 g/mol. The van der Waals surface area contributed by atoms with Gasteiger partial charge >= 0.3 is 11.6 Å². The zero-order chi connectivity index (χ0) is 13.7. The van der Waals surface area contributed by atoms with E-state index in [9.17, 15) is 9.59 Å². The molecule has 0 fully saturated rings. The third kappa shape index (κ3) is 3.55. The Kier molecular flexibility index (Phi) is 5.81. The van der Waals surface area contributed by atoms with Crippen molar-refractivity contribution in [3.05, 3.63) is 21.1 Å². The molecule has 0 radical (unpaired) electrons. The Morgan fingerprint density at radius 2 is 2.17 bits per heavy atom. The normalized spacial score (nSPS) is 10.7. The van der Waals surface area contributed by atoms with Gasteiger partial charge in [-0.2, -0.15) is 11.8 Å². The van der Waals surface area contributed by atoms with Gasteiger partial charge in [-0.25, -0.2) is 4.79 Å². The number of aromatic nitrogens is 1. The third-order valence-electron chi connectivity index (χ3n) is 2.25. The van der Waals surface area contributed by atoms with Gasteiger partial charge in [-0.1, -0.05) is 29.7 Å². The molecule has 18 heavy (non-hydrogen) atoms. The number of amides is 1. The molecule has 0 unspecified atom stereocenters. The van der Waals surface area contributed by atoms with Gasteiger partial charge < -0.3 is 9.42 Å². The van der Waals surface area contributed by atoms with Crippen LogP contribution in [0.4, 0.5) is 4.79 Å². The molecule has 1 aromatic heterocycles. The molecule has 0 saturated heterocycles. The summed E-state index contributed by atoms with van der Waals surface area (Å²) in [6, 6.07) is -0.535. The van der Waals surface area contributed by atoms with Crippen LogP contribution in [0.15, 0.2) is 9.32 Å². The molecule has 0 aromatic carbocycles. The molecule has 0 spiro atoms. The number of hydrogen-bond acceptors (Lipinski definition) is 4. The molecule has 1 rings (SSSR count). The van der Waals surface area contributed by atoms with E-state index in [1.807, 2.05) is 0 Å². The summed E-state index contributed by atoms with van der Waals surface area (Å²) in [4.78, 5) is 24.6. The molecule has 0 N–H and O–H groups in total. The van der Waals surface area contributed by atoms with E-state index in [2.05, 4.69) is 6.92 Å². The number of thioether (sulfide) groups is 1. The van der Waals surface area contributed by atoms with E-state index in [1.54, 1.807) is 25.9 Å². The fraction of sp³-hybridized carbons (Fsp3) is 0.636. The van der Waals surface area contributed by atoms with E-state index >= 15 is 0 Å². The van der Waals surface area contributed by atoms with Crippen LogP contribution in [0.2, 0.25) is 5.02 Å². The quantitative estimate of drug-likeness (QED) is 0.783. The summed E-state index contributed by atoms with van der Waals surface area (Å²) >= 11 is 7.50. The van der Waals surface area contributed by atoms with Crippen molar-refractivity contribution in [1.29, 1.82) is 0 Å². The lowest BCUT2D eigenvalue weighted by molar-refractivity contribution is 0.182. The molecular weight excluding hydrogens is 276 g/mol. The van der Waals surface area contributed by atoms with E-state index in [1.165, 1.54) is 4.90 Å². The molecule has 0 bridgehead atoms. The molecule has 1 aromatic rings. The molecule has 0 atom stereocenters. The van der Waals surface area contributed by atoms with Gasteiger partial charge in [0.15, 0.2) is 10.8 Å². The summed E-state index contributed by atoms with van der Waals surface area (Å²) < 4.78 is 5.90. The van der Waals surface area contributed by atoms with Crippen molar-refractivity contribution in [2.45, 2.75) is 25.5 Å². The average Bonchev–Trinajstić information content (AvgIpc) is 2.61. The minimum Gasteiger partial charge on any atom is -0.369 e. The summed E-state index contributed by atoms with van der Waals surface area (Å²) in [6.07, 6.45) is 2.22. The van der Waals surface area contributed by atoms with Crippen LogP contribution in [0.1, 0.15) is 25.5 Å². The third-order valence-corrected chi connectivity index (χ3v) is 3.67. The number of halogens is 1. The molecule has 0 aliphatic heterocycles. The molecule has 5 nitrogen and oxygen atoms in total. The highest BCUT2D eigenvalue weighted by molar-refractivity contribution is 7.98. The first-order valence-corrected chi connectivity index (χ1v) is 7.22. The van der Waals surface area contributed by atoms with Crippen molar-refractivity contribution in [3.63, 3.8) is 0 Å². The smallest absolute Gasteiger partial charge is 0.360 e. The highest BCUT2D eigenvalue weighted by Crippen LogP contribution is 2.19. The van der Waals surface area contributed by atoms with Crippen LogP contribution >= 0.6 is 23.4 Å². The predicted octanol–water partition coefficient (Wildman–Crippen LogP) is 2.66. The van der Waals surface area contributed by atoms with Crippen LogP contribution in [-0.2, 0) is 5.75 Å². The average molecular weight is 293 g/mol. The van der Waals surface area contributed by atoms with Gasteiger partial charge in [-0.05, 0) is 12.2 Å². The standard InChI is InChI=1S/C11H17ClN2O3S/c1-4-5-6-18-7-8-9(12)10(15)14(17-8)11(16)13(2)3/h4-7H2,1-3H3. The van der Waals surface area contributed by atoms with Crippen molar-refractivity contribution < 1.29 is 9.32 Å². The first-order valence-electron chi connectivity index (χ1n) is 5.69. The summed E-state index contributed by atoms with van der Waals surface area (Å²) in [7, 11) is 3.09. The largest absolute Gasteiger partial charge is 0.369 e. The molecule has 1 heterocycles. The maximum absolute atomic E-state index is 11.7. The lowest BCUT2D eigenvalue weighted by Gasteiger charge is -2.07. The van der Waals surface area contributed by atoms with Crippen molar-refractivity contribution in [3.8, 4) is 0 Å². The van der Waals surface area contributed by atoms with Crippen molar-refractivity contribution in [2.75, 3.05) is 19.8 Å². The first kappa shape index (κ1) is 15.2. The van der Waals surface area contributed by atoms with Gasteiger partial charge in [0.1, 0.15) is 0 Å². The van der Waals surface area contributed by atoms with Crippen LogP contribution in [0.25, 0.3) is 0 Å². The molecule has 102 valence electrons. The van der Waals surface area contributed by atoms with Crippen molar-refractivity contribution in [1.82, 2.24) is 9.64 Å². The Hall–Kier alpha value is -0.880. The lowest BCUT2D eigenvalue weighted by Crippen LogP contribution is -2.33. The number of hydrogen-bond donors (Lipinski definition) is 0. The molecule has 1 amide bonds. The fourth-order valence-electron chi connectivity index (χ4n) is 1.21. The van der Waals surface area contributed by atoms with E-state index in [4.69, 9.17) is 16.1 Å². The van der Waals surface area contributed by atoms with E-state index in [-0.39, 0.29) is 5.02 Å². The number of nitrogens with zero attached hydrogens (tertiary/aromatic N) is 2. The maximum atomic E-state index is 11.7. The number of rotatable bonds is 5. The van der Waals surface area contributed by atoms with Gasteiger partial charge in [0, 0.05) is 14.1 Å². The highest BCUT2D eigenvalue weighted by Gasteiger charge is 2.20. The second kappa shape index (κ2) is 6.89. The van der Waals surface area contributed by atoms with Crippen LogP contribution in [0.5, 0.6) is 0 Å². The Labute approximate surface area is 115 Å². The van der Waals surface area contributed by atoms with Crippen molar-refractivity contribution in [2.24, 2.45) is 0 Å². The molecular formula is C11H17ClN2O3S. The Morgan fingerprint density at radius 3 is 2.72 bits per heavy atom. The van der Waals surface area contributed by atoms with E-state index in [0.717, 1.165) is 18.6 Å². The van der Waals surface area contributed by atoms with Gasteiger partial charge in [-0.15, -0.1) is 0 Å². The van der Waals surface area contributed by atoms with Crippen LogP contribution in [-0.4, -0.2) is 35.5 Å². The van der Waals surface area contributed by atoms with E-state index < -0.39 is 11.6 Å². The number of carbonyl (C=O) groups excluding carboxylic acids is 1. The number of carbonyl (C=O) groups is 1. The minimum absolute atomic E-state index is 0.00537. The maximum Gasteiger partial charge on any atom is 0.360 e. The SMILES string of the molecule is CCCCSCc1on(C(=O)N(C)C)c(=O)c1Cl. The highest BCUT2D eigenvalue weighted by atomic mass is 35.5. The molecule has 0 aliphatic rings. The summed E-state index contributed by atoms with van der Waals surface area (Å²) in [6.45, 7) is 2.11. The predicted molar refractivity (Wildman–Crippen MR) is 73.5 cm³/mol. The Balaban J connectivity index is 2.80. The van der Waals surface area contributed by atoms with Crippen LogP contribution in [0.3, 0.4) is 0 Å². The molecule has 0 saturated carbocycles. The van der Waals surface area contributed by atoms with E-state index in [0.29, 0.717) is 16.3 Å². The summed E-state index contributed by atoms with van der Waals surface area (Å²) in [5, 5.41) is -0.00537. The zero-order valence-electron chi connectivity index (χ0n) is 10.7. The van der Waals surface area contributed by atoms with Crippen LogP contribution in [0, 0.1) is 0 Å².